The van der Waals surface area contributed by atoms with Crippen molar-refractivity contribution in [2.75, 3.05) is 40.5 Å². The van der Waals surface area contributed by atoms with Crippen molar-refractivity contribution in [3.05, 3.63) is 29.8 Å². The average molecular weight is 353 g/mol. The molecular weight excluding hydrogens is 332 g/mol. The van der Waals surface area contributed by atoms with Crippen LogP contribution in [0.3, 0.4) is 0 Å². The lowest BCUT2D eigenvalue weighted by Gasteiger charge is -2.10. The summed E-state index contributed by atoms with van der Waals surface area (Å²) in [5, 5.41) is 3.02. The van der Waals surface area contributed by atoms with E-state index in [9.17, 15) is 13.2 Å². The number of benzene rings is 1. The van der Waals surface area contributed by atoms with Gasteiger partial charge in [0.15, 0.2) is 0 Å². The van der Waals surface area contributed by atoms with Crippen LogP contribution in [-0.4, -0.2) is 54.8 Å². The van der Waals surface area contributed by atoms with Crippen LogP contribution in [0, 0.1) is 0 Å². The van der Waals surface area contributed by atoms with Crippen molar-refractivity contribution in [3.63, 3.8) is 0 Å². The zero-order valence-corrected chi connectivity index (χ0v) is 14.1. The Labute approximate surface area is 136 Å². The number of ether oxygens (including phenoxy) is 2. The number of rotatable bonds is 9. The van der Waals surface area contributed by atoms with Crippen LogP contribution in [0.15, 0.2) is 29.2 Å². The van der Waals surface area contributed by atoms with E-state index in [1.165, 1.54) is 19.2 Å². The van der Waals surface area contributed by atoms with Gasteiger partial charge < -0.3 is 14.8 Å². The van der Waals surface area contributed by atoms with Crippen molar-refractivity contribution >= 4 is 28.4 Å². The molecule has 126 valence electrons. The highest BCUT2D eigenvalue weighted by molar-refractivity contribution is 7.89. The van der Waals surface area contributed by atoms with Crippen LogP contribution in [0.5, 0.6) is 0 Å². The third-order valence-electron chi connectivity index (χ3n) is 2.66. The molecule has 1 rings (SSSR count). The van der Waals surface area contributed by atoms with Gasteiger partial charge in [-0.1, -0.05) is 12.1 Å². The normalized spacial score (nSPS) is 10.8. The molecule has 0 bridgehead atoms. The van der Waals surface area contributed by atoms with Crippen LogP contribution in [0.1, 0.15) is 10.4 Å². The summed E-state index contributed by atoms with van der Waals surface area (Å²) in [5.74, 6) is -0.686. The smallest absolute Gasteiger partial charge is 0.339 e. The Balaban J connectivity index is 0.00000441. The molecule has 1 aromatic carbocycles. The number of hydrogen-bond donors (Lipinski definition) is 2. The number of halogens is 1. The van der Waals surface area contributed by atoms with Crippen molar-refractivity contribution < 1.29 is 22.7 Å². The van der Waals surface area contributed by atoms with Crippen molar-refractivity contribution in [2.24, 2.45) is 0 Å². The maximum absolute atomic E-state index is 12.2. The average Bonchev–Trinajstić information content (AvgIpc) is 2.50. The van der Waals surface area contributed by atoms with E-state index in [1.54, 1.807) is 19.2 Å². The quantitative estimate of drug-likeness (QED) is 0.494. The molecule has 0 atom stereocenters. The highest BCUT2D eigenvalue weighted by atomic mass is 35.5. The van der Waals surface area contributed by atoms with Crippen LogP contribution < -0.4 is 10.0 Å². The molecule has 0 saturated heterocycles. The lowest BCUT2D eigenvalue weighted by atomic mass is 10.2. The molecule has 9 heteroatoms. The van der Waals surface area contributed by atoms with Crippen LogP contribution in [-0.2, 0) is 19.5 Å². The van der Waals surface area contributed by atoms with E-state index in [0.29, 0.717) is 19.7 Å². The minimum atomic E-state index is -3.76. The van der Waals surface area contributed by atoms with Gasteiger partial charge in [0.2, 0.25) is 10.0 Å². The summed E-state index contributed by atoms with van der Waals surface area (Å²) in [5.41, 5.74) is 0.0137. The fourth-order valence-corrected chi connectivity index (χ4v) is 2.86. The lowest BCUT2D eigenvalue weighted by Crippen LogP contribution is -2.33. The molecule has 0 fully saturated rings. The predicted molar refractivity (Wildman–Crippen MR) is 85.0 cm³/mol. The van der Waals surface area contributed by atoms with Gasteiger partial charge in [-0.15, -0.1) is 12.4 Å². The molecule has 0 heterocycles. The molecule has 2 N–H and O–H groups in total. The van der Waals surface area contributed by atoms with Gasteiger partial charge >= 0.3 is 5.97 Å². The Kier molecular flexibility index (Phi) is 9.95. The highest BCUT2D eigenvalue weighted by Crippen LogP contribution is 2.15. The van der Waals surface area contributed by atoms with Crippen molar-refractivity contribution in [1.82, 2.24) is 10.0 Å². The maximum Gasteiger partial charge on any atom is 0.339 e. The van der Waals surface area contributed by atoms with Gasteiger partial charge in [0, 0.05) is 26.7 Å². The van der Waals surface area contributed by atoms with E-state index in [2.05, 4.69) is 14.8 Å². The molecule has 0 aliphatic carbocycles. The summed E-state index contributed by atoms with van der Waals surface area (Å²) in [7, 11) is -0.962. The molecular formula is C13H21ClN2O5S. The molecule has 7 nitrogen and oxygen atoms in total. The second-order valence-corrected chi connectivity index (χ2v) is 5.86. The molecule has 0 aromatic heterocycles. The molecule has 0 aliphatic heterocycles. The van der Waals surface area contributed by atoms with Crippen molar-refractivity contribution in [1.29, 1.82) is 0 Å². The zero-order chi connectivity index (χ0) is 15.7. The maximum atomic E-state index is 12.2. The van der Waals surface area contributed by atoms with Crippen LogP contribution >= 0.6 is 12.4 Å². The van der Waals surface area contributed by atoms with Gasteiger partial charge in [0.05, 0.1) is 24.2 Å². The Morgan fingerprint density at radius 2 is 1.82 bits per heavy atom. The summed E-state index contributed by atoms with van der Waals surface area (Å²) < 4.78 is 36.3. The van der Waals surface area contributed by atoms with Gasteiger partial charge in [-0.05, 0) is 12.1 Å². The number of carbonyl (C=O) groups excluding carboxylic acids is 1. The minimum Gasteiger partial charge on any atom is -0.465 e. The van der Waals surface area contributed by atoms with Crippen LogP contribution in [0.2, 0.25) is 0 Å². The van der Waals surface area contributed by atoms with E-state index in [1.807, 2.05) is 0 Å². The number of esters is 1. The fourth-order valence-electron chi connectivity index (χ4n) is 1.63. The van der Waals surface area contributed by atoms with E-state index >= 15 is 0 Å². The first-order valence-electron chi connectivity index (χ1n) is 6.39. The molecule has 0 unspecified atom stereocenters. The van der Waals surface area contributed by atoms with Crippen molar-refractivity contribution in [2.45, 2.75) is 4.90 Å². The predicted octanol–water partition coefficient (Wildman–Crippen LogP) is 0.409. The first-order chi connectivity index (χ1) is 10.0. The van der Waals surface area contributed by atoms with Gasteiger partial charge in [-0.25, -0.2) is 17.9 Å². The second kappa shape index (κ2) is 10.5. The monoisotopic (exact) mass is 352 g/mol. The SMILES string of the molecule is COCCNCCNS(=O)(=O)c1ccccc1C(=O)OC.Cl. The summed E-state index contributed by atoms with van der Waals surface area (Å²) in [6.07, 6.45) is 0. The van der Waals surface area contributed by atoms with Crippen molar-refractivity contribution in [3.8, 4) is 0 Å². The number of methoxy groups -OCH3 is 2. The van der Waals surface area contributed by atoms with E-state index < -0.39 is 16.0 Å². The molecule has 0 aliphatic rings. The summed E-state index contributed by atoms with van der Waals surface area (Å²) >= 11 is 0. The first-order valence-corrected chi connectivity index (χ1v) is 7.88. The molecule has 1 aromatic rings. The van der Waals surface area contributed by atoms with Crippen LogP contribution in [0.25, 0.3) is 0 Å². The number of hydrogen-bond acceptors (Lipinski definition) is 6. The lowest BCUT2D eigenvalue weighted by molar-refractivity contribution is 0.0596. The molecule has 0 spiro atoms. The molecule has 0 radical (unpaired) electrons. The third-order valence-corrected chi connectivity index (χ3v) is 4.18. The summed E-state index contributed by atoms with van der Waals surface area (Å²) in [4.78, 5) is 11.5. The minimum absolute atomic E-state index is 0. The van der Waals surface area contributed by atoms with E-state index in [-0.39, 0.29) is 29.4 Å². The van der Waals surface area contributed by atoms with Crippen LogP contribution in [0.4, 0.5) is 0 Å². The fraction of sp³-hybridized carbons (Fsp3) is 0.462. The second-order valence-electron chi connectivity index (χ2n) is 4.13. The molecule has 0 amide bonds. The van der Waals surface area contributed by atoms with Gasteiger partial charge in [0.25, 0.3) is 0 Å². The Hall–Kier alpha value is -1.19. The van der Waals surface area contributed by atoms with Gasteiger partial charge in [-0.3, -0.25) is 0 Å². The standard InChI is InChI=1S/C13H20N2O5S.ClH/c1-19-10-9-14-7-8-15-21(17,18)12-6-4-3-5-11(12)13(16)20-2;/h3-6,14-15H,7-10H2,1-2H3;1H. The first kappa shape index (κ1) is 20.8. The number of carbonyl (C=O) groups is 1. The topological polar surface area (TPSA) is 93.7 Å². The summed E-state index contributed by atoms with van der Waals surface area (Å²) in [6, 6.07) is 5.92. The number of sulfonamides is 1. The van der Waals surface area contributed by atoms with E-state index in [0.717, 1.165) is 0 Å². The Morgan fingerprint density at radius 3 is 2.45 bits per heavy atom. The Morgan fingerprint density at radius 1 is 1.14 bits per heavy atom. The molecule has 22 heavy (non-hydrogen) atoms. The van der Waals surface area contributed by atoms with E-state index in [4.69, 9.17) is 4.74 Å². The largest absolute Gasteiger partial charge is 0.465 e. The Bertz CT molecular complexity index is 565. The van der Waals surface area contributed by atoms with Gasteiger partial charge in [0.1, 0.15) is 0 Å². The van der Waals surface area contributed by atoms with Gasteiger partial charge in [-0.2, -0.15) is 0 Å². The summed E-state index contributed by atoms with van der Waals surface area (Å²) in [6.45, 7) is 1.86. The molecule has 0 saturated carbocycles. The third kappa shape index (κ3) is 6.29. The zero-order valence-electron chi connectivity index (χ0n) is 12.5. The number of nitrogens with one attached hydrogen (secondary N) is 2. The highest BCUT2D eigenvalue weighted by Gasteiger charge is 2.21.